The summed E-state index contributed by atoms with van der Waals surface area (Å²) in [7, 11) is 0. The fourth-order valence-corrected chi connectivity index (χ4v) is 1.69. The summed E-state index contributed by atoms with van der Waals surface area (Å²) in [4.78, 5) is 7.91. The predicted octanol–water partition coefficient (Wildman–Crippen LogP) is 3.42. The Kier molecular flexibility index (Phi) is 4.25. The van der Waals surface area contributed by atoms with Crippen LogP contribution in [0.4, 0.5) is 17.6 Å². The molecular formula is C11H11ClF4N2O. The molecule has 19 heavy (non-hydrogen) atoms. The molecule has 0 radical (unpaired) electrons. The van der Waals surface area contributed by atoms with E-state index in [1.165, 1.54) is 0 Å². The molecule has 0 unspecified atom stereocenters. The monoisotopic (exact) mass is 298 g/mol. The summed E-state index contributed by atoms with van der Waals surface area (Å²) in [5.74, 6) is -3.72. The van der Waals surface area contributed by atoms with Crippen molar-refractivity contribution in [1.82, 2.24) is 9.97 Å². The molecule has 0 amide bonds. The Balaban J connectivity index is 1.92. The normalized spacial score (nSPS) is 16.1. The van der Waals surface area contributed by atoms with E-state index >= 15 is 0 Å². The summed E-state index contributed by atoms with van der Waals surface area (Å²) >= 11 is 5.77. The Bertz CT molecular complexity index is 454. The van der Waals surface area contributed by atoms with Crippen molar-refractivity contribution in [2.75, 3.05) is 6.61 Å². The van der Waals surface area contributed by atoms with Gasteiger partial charge in [0, 0.05) is 11.6 Å². The molecule has 1 aliphatic carbocycles. The molecule has 106 valence electrons. The molecule has 0 N–H and O–H groups in total. The van der Waals surface area contributed by atoms with Gasteiger partial charge in [-0.1, -0.05) is 11.6 Å². The van der Waals surface area contributed by atoms with Crippen LogP contribution in [0.5, 0.6) is 0 Å². The molecule has 0 atom stereocenters. The van der Waals surface area contributed by atoms with Gasteiger partial charge >= 0.3 is 12.3 Å². The largest absolute Gasteiger partial charge is 0.367 e. The Morgan fingerprint density at radius 3 is 2.63 bits per heavy atom. The van der Waals surface area contributed by atoms with Gasteiger partial charge in [-0.15, -0.1) is 0 Å². The van der Waals surface area contributed by atoms with Crippen molar-refractivity contribution in [2.45, 2.75) is 37.7 Å². The van der Waals surface area contributed by atoms with E-state index in [2.05, 4.69) is 14.7 Å². The highest BCUT2D eigenvalue weighted by atomic mass is 35.5. The fraction of sp³-hybridized carbons (Fsp3) is 0.636. The second-order valence-corrected chi connectivity index (χ2v) is 4.75. The van der Waals surface area contributed by atoms with Gasteiger partial charge in [0.15, 0.2) is 5.82 Å². The van der Waals surface area contributed by atoms with Crippen molar-refractivity contribution < 1.29 is 22.3 Å². The first-order chi connectivity index (χ1) is 8.88. The number of alkyl halides is 4. The van der Waals surface area contributed by atoms with Gasteiger partial charge in [-0.3, -0.25) is 0 Å². The fourth-order valence-electron chi connectivity index (χ4n) is 1.48. The predicted molar refractivity (Wildman–Crippen MR) is 59.6 cm³/mol. The topological polar surface area (TPSA) is 35.0 Å². The summed E-state index contributed by atoms with van der Waals surface area (Å²) in [5, 5.41) is 0.191. The van der Waals surface area contributed by atoms with Crippen LogP contribution in [0.1, 0.15) is 30.3 Å². The summed E-state index contributed by atoms with van der Waals surface area (Å²) in [6.45, 7) is -1.75. The van der Waals surface area contributed by atoms with E-state index in [0.717, 1.165) is 18.5 Å². The van der Waals surface area contributed by atoms with Crippen LogP contribution in [0.3, 0.4) is 0 Å². The molecule has 1 aromatic heterocycles. The van der Waals surface area contributed by atoms with Gasteiger partial charge in [-0.2, -0.15) is 8.78 Å². The molecule has 3 nitrogen and oxygen atoms in total. The van der Waals surface area contributed by atoms with Crippen LogP contribution < -0.4 is 0 Å². The maximum absolute atomic E-state index is 12.6. The quantitative estimate of drug-likeness (QED) is 0.596. The zero-order chi connectivity index (χ0) is 14.0. The molecular weight excluding hydrogens is 288 g/mol. The molecule has 1 aromatic rings. The highest BCUT2D eigenvalue weighted by Crippen LogP contribution is 2.39. The van der Waals surface area contributed by atoms with Gasteiger partial charge in [-0.25, -0.2) is 18.7 Å². The van der Waals surface area contributed by atoms with Crippen LogP contribution >= 0.6 is 11.6 Å². The second kappa shape index (κ2) is 5.58. The van der Waals surface area contributed by atoms with Crippen LogP contribution in [-0.2, 0) is 11.3 Å². The summed E-state index contributed by atoms with van der Waals surface area (Å²) < 4.78 is 53.5. The maximum atomic E-state index is 12.6. The van der Waals surface area contributed by atoms with Gasteiger partial charge in [0.2, 0.25) is 0 Å². The lowest BCUT2D eigenvalue weighted by Gasteiger charge is -2.14. The van der Waals surface area contributed by atoms with Crippen molar-refractivity contribution in [3.8, 4) is 0 Å². The second-order valence-electron chi connectivity index (χ2n) is 4.36. The van der Waals surface area contributed by atoms with Crippen LogP contribution in [0.25, 0.3) is 0 Å². The average Bonchev–Trinajstić information content (AvgIpc) is 3.11. The first kappa shape index (κ1) is 14.5. The number of aromatic nitrogens is 2. The summed E-state index contributed by atoms with van der Waals surface area (Å²) in [6, 6.07) is 1.61. The van der Waals surface area contributed by atoms with E-state index in [0.29, 0.717) is 5.92 Å². The third-order valence-corrected chi connectivity index (χ3v) is 2.80. The lowest BCUT2D eigenvalue weighted by atomic mass is 10.3. The molecule has 1 saturated carbocycles. The number of hydrogen-bond acceptors (Lipinski definition) is 3. The van der Waals surface area contributed by atoms with Gasteiger partial charge in [-0.05, 0) is 18.9 Å². The number of hydrogen-bond donors (Lipinski definition) is 0. The molecule has 0 saturated heterocycles. The van der Waals surface area contributed by atoms with E-state index in [1.807, 2.05) is 0 Å². The van der Waals surface area contributed by atoms with E-state index in [1.54, 1.807) is 6.07 Å². The van der Waals surface area contributed by atoms with Gasteiger partial charge in [0.1, 0.15) is 18.4 Å². The molecule has 1 aliphatic rings. The highest BCUT2D eigenvalue weighted by Gasteiger charge is 2.41. The lowest BCUT2D eigenvalue weighted by molar-refractivity contribution is -0.168. The van der Waals surface area contributed by atoms with Crippen molar-refractivity contribution in [1.29, 1.82) is 0 Å². The molecule has 1 fully saturated rings. The third kappa shape index (κ3) is 4.01. The minimum absolute atomic E-state index is 0.125. The number of ether oxygens (including phenoxy) is 1. The highest BCUT2D eigenvalue weighted by molar-refractivity contribution is 6.29. The lowest BCUT2D eigenvalue weighted by Crippen LogP contribution is -2.32. The minimum Gasteiger partial charge on any atom is -0.367 e. The summed E-state index contributed by atoms with van der Waals surface area (Å²) in [5.41, 5.74) is 0.735. The van der Waals surface area contributed by atoms with Crippen molar-refractivity contribution >= 4 is 11.6 Å². The first-order valence-corrected chi connectivity index (χ1v) is 6.03. The third-order valence-electron chi connectivity index (χ3n) is 2.60. The first-order valence-electron chi connectivity index (χ1n) is 5.65. The molecule has 1 heterocycles. The molecule has 2 rings (SSSR count). The summed E-state index contributed by atoms with van der Waals surface area (Å²) in [6.07, 6.45) is -1.76. The molecule has 0 spiro atoms. The molecule has 0 aliphatic heterocycles. The molecule has 0 bridgehead atoms. The maximum Gasteiger partial charge on any atom is 0.330 e. The Morgan fingerprint density at radius 1 is 1.37 bits per heavy atom. The standard InChI is InChI=1S/C11H11ClF4N2O/c12-8-3-7(6-1-2-6)17-9(18-8)4-19-5-11(15,16)10(13)14/h3,6,10H,1-2,4-5H2. The van der Waals surface area contributed by atoms with E-state index in [9.17, 15) is 17.6 Å². The average molecular weight is 299 g/mol. The van der Waals surface area contributed by atoms with Crippen LogP contribution in [-0.4, -0.2) is 28.9 Å². The van der Waals surface area contributed by atoms with Gasteiger partial charge in [0.05, 0.1) is 0 Å². The van der Waals surface area contributed by atoms with Crippen molar-refractivity contribution in [3.63, 3.8) is 0 Å². The SMILES string of the molecule is FC(F)C(F)(F)COCc1nc(Cl)cc(C2CC2)n1. The smallest absolute Gasteiger partial charge is 0.330 e. The zero-order valence-corrected chi connectivity index (χ0v) is 10.5. The number of halogens is 5. The van der Waals surface area contributed by atoms with Crippen LogP contribution in [0.15, 0.2) is 6.07 Å². The Labute approximate surface area is 111 Å². The zero-order valence-electron chi connectivity index (χ0n) is 9.75. The van der Waals surface area contributed by atoms with E-state index in [4.69, 9.17) is 11.6 Å². The molecule has 8 heteroatoms. The van der Waals surface area contributed by atoms with Crippen LogP contribution in [0, 0.1) is 0 Å². The minimum atomic E-state index is -4.17. The Hall–Kier alpha value is -0.950. The number of nitrogens with zero attached hydrogens (tertiary/aromatic N) is 2. The molecule has 0 aromatic carbocycles. The van der Waals surface area contributed by atoms with Gasteiger partial charge < -0.3 is 4.74 Å². The van der Waals surface area contributed by atoms with Crippen molar-refractivity contribution in [2.24, 2.45) is 0 Å². The van der Waals surface area contributed by atoms with Crippen molar-refractivity contribution in [3.05, 3.63) is 22.7 Å². The van der Waals surface area contributed by atoms with E-state index < -0.39 is 19.0 Å². The van der Waals surface area contributed by atoms with Crippen LogP contribution in [0.2, 0.25) is 5.15 Å². The number of rotatable bonds is 6. The van der Waals surface area contributed by atoms with Gasteiger partial charge in [0.25, 0.3) is 0 Å². The Morgan fingerprint density at radius 2 is 2.05 bits per heavy atom. The van der Waals surface area contributed by atoms with E-state index in [-0.39, 0.29) is 17.6 Å².